The minimum Gasteiger partial charge on any atom is -0.378 e. The Kier molecular flexibility index (Phi) is 6.05. The first-order valence-electron chi connectivity index (χ1n) is 10.0. The molecule has 0 radical (unpaired) electrons. The van der Waals surface area contributed by atoms with E-state index >= 15 is 0 Å². The lowest BCUT2D eigenvalue weighted by molar-refractivity contribution is -0.384. The molecule has 1 fully saturated rings. The van der Waals surface area contributed by atoms with Gasteiger partial charge in [-0.1, -0.05) is 23.7 Å². The molecule has 0 amide bonds. The predicted octanol–water partition coefficient (Wildman–Crippen LogP) is 4.24. The van der Waals surface area contributed by atoms with Gasteiger partial charge in [-0.3, -0.25) is 10.1 Å². The maximum Gasteiger partial charge on any atom is 0.311 e. The molecule has 3 heterocycles. The second-order valence-corrected chi connectivity index (χ2v) is 7.91. The van der Waals surface area contributed by atoms with Gasteiger partial charge in [-0.15, -0.1) is 0 Å². The number of nitriles is 1. The van der Waals surface area contributed by atoms with Crippen molar-refractivity contribution in [2.45, 2.75) is 18.9 Å². The van der Waals surface area contributed by atoms with E-state index in [0.717, 1.165) is 30.6 Å². The van der Waals surface area contributed by atoms with Crippen molar-refractivity contribution in [3.63, 3.8) is 0 Å². The van der Waals surface area contributed by atoms with Crippen molar-refractivity contribution in [2.24, 2.45) is 0 Å². The molecule has 1 aromatic carbocycles. The van der Waals surface area contributed by atoms with Crippen LogP contribution in [0.3, 0.4) is 0 Å². The number of aromatic nitrogens is 2. The van der Waals surface area contributed by atoms with Gasteiger partial charge in [0.2, 0.25) is 5.82 Å². The number of piperidine rings is 1. The number of nitrogens with two attached hydrogens (primary N) is 1. The van der Waals surface area contributed by atoms with E-state index in [4.69, 9.17) is 22.3 Å². The van der Waals surface area contributed by atoms with Crippen LogP contribution in [0, 0.1) is 21.4 Å². The van der Waals surface area contributed by atoms with Crippen LogP contribution in [-0.2, 0) is 0 Å². The number of benzene rings is 1. The molecule has 0 bridgehead atoms. The highest BCUT2D eigenvalue weighted by Crippen LogP contribution is 2.28. The zero-order chi connectivity index (χ0) is 22.7. The second-order valence-electron chi connectivity index (χ2n) is 7.47. The summed E-state index contributed by atoms with van der Waals surface area (Å²) in [5, 5.41) is 24.5. The first-order chi connectivity index (χ1) is 15.4. The van der Waals surface area contributed by atoms with Crippen molar-refractivity contribution in [1.82, 2.24) is 9.97 Å². The Morgan fingerprint density at radius 2 is 1.97 bits per heavy atom. The molecule has 0 saturated carbocycles. The normalized spacial score (nSPS) is 15.8. The van der Waals surface area contributed by atoms with Gasteiger partial charge in [-0.2, -0.15) is 5.26 Å². The summed E-state index contributed by atoms with van der Waals surface area (Å²) in [4.78, 5) is 21.4. The molecule has 4 rings (SSSR count). The Morgan fingerprint density at radius 1 is 1.19 bits per heavy atom. The Labute approximate surface area is 189 Å². The van der Waals surface area contributed by atoms with Gasteiger partial charge in [0.1, 0.15) is 17.7 Å². The number of nitrogens with one attached hydrogen (secondary N) is 1. The monoisotopic (exact) mass is 449 g/mol. The number of hydrogen-bond donors (Lipinski definition) is 2. The predicted molar refractivity (Wildman–Crippen MR) is 124 cm³/mol. The van der Waals surface area contributed by atoms with Gasteiger partial charge in [0.25, 0.3) is 0 Å². The molecule has 0 spiro atoms. The highest BCUT2D eigenvalue weighted by Gasteiger charge is 2.24. The Bertz CT molecular complexity index is 1190. The van der Waals surface area contributed by atoms with Gasteiger partial charge in [-0.25, -0.2) is 9.97 Å². The fourth-order valence-electron chi connectivity index (χ4n) is 3.76. The molecule has 10 heteroatoms. The summed E-state index contributed by atoms with van der Waals surface area (Å²) >= 11 is 5.99. The summed E-state index contributed by atoms with van der Waals surface area (Å²) in [5.41, 5.74) is 7.66. The van der Waals surface area contributed by atoms with E-state index in [9.17, 15) is 15.4 Å². The van der Waals surface area contributed by atoms with Gasteiger partial charge in [0.05, 0.1) is 16.2 Å². The van der Waals surface area contributed by atoms with Gasteiger partial charge >= 0.3 is 5.69 Å². The molecule has 32 heavy (non-hydrogen) atoms. The van der Waals surface area contributed by atoms with Gasteiger partial charge < -0.3 is 16.0 Å². The zero-order valence-electron chi connectivity index (χ0n) is 17.0. The third-order valence-corrected chi connectivity index (χ3v) is 5.56. The van der Waals surface area contributed by atoms with Crippen LogP contribution in [0.25, 0.3) is 11.3 Å². The third kappa shape index (κ3) is 4.55. The molecule has 3 N–H and O–H groups in total. The zero-order valence-corrected chi connectivity index (χ0v) is 17.8. The Balaban J connectivity index is 1.55. The van der Waals surface area contributed by atoms with Crippen molar-refractivity contribution in [3.8, 4) is 17.3 Å². The number of nitro groups is 1. The smallest absolute Gasteiger partial charge is 0.311 e. The quantitative estimate of drug-likeness (QED) is 0.436. The van der Waals surface area contributed by atoms with Crippen molar-refractivity contribution >= 4 is 34.7 Å². The first kappa shape index (κ1) is 21.3. The van der Waals surface area contributed by atoms with Crippen molar-refractivity contribution in [1.29, 1.82) is 5.26 Å². The number of nitrogen functional groups attached to an aromatic ring is 1. The standard InChI is InChI=1S/C22H20ClN7O2/c23-16-6-3-14(4-7-16)18-8-5-15(12-24)22(27-18)29-11-1-2-17(13-29)26-20-10-9-19(30(31)32)21(25)28-20/h3-10,17H,1-2,11,13H2,(H3,25,26,28). The maximum atomic E-state index is 10.9. The van der Waals surface area contributed by atoms with Gasteiger partial charge in [-0.05, 0) is 43.2 Å². The maximum absolute atomic E-state index is 10.9. The van der Waals surface area contributed by atoms with Gasteiger partial charge in [0.15, 0.2) is 0 Å². The van der Waals surface area contributed by atoms with E-state index in [1.807, 2.05) is 18.2 Å². The number of halogens is 1. The SMILES string of the molecule is N#Cc1ccc(-c2ccc(Cl)cc2)nc1N1CCCC(Nc2ccc([N+](=O)[O-])c(N)n2)C1. The summed E-state index contributed by atoms with van der Waals surface area (Å²) < 4.78 is 0. The molecular formula is C22H20ClN7O2. The highest BCUT2D eigenvalue weighted by molar-refractivity contribution is 6.30. The van der Waals surface area contributed by atoms with Crippen molar-refractivity contribution in [3.05, 3.63) is 69.2 Å². The van der Waals surface area contributed by atoms with Crippen LogP contribution in [-0.4, -0.2) is 34.0 Å². The number of pyridine rings is 2. The summed E-state index contributed by atoms with van der Waals surface area (Å²) in [6.07, 6.45) is 1.77. The fourth-order valence-corrected chi connectivity index (χ4v) is 3.88. The van der Waals surface area contributed by atoms with Crippen LogP contribution in [0.5, 0.6) is 0 Å². The minimum absolute atomic E-state index is 0.0182. The highest BCUT2D eigenvalue weighted by atomic mass is 35.5. The molecule has 1 atom stereocenters. The van der Waals surface area contributed by atoms with E-state index < -0.39 is 4.92 Å². The average molecular weight is 450 g/mol. The van der Waals surface area contributed by atoms with Gasteiger partial charge in [0, 0.05) is 35.8 Å². The van der Waals surface area contributed by atoms with Crippen molar-refractivity contribution < 1.29 is 4.92 Å². The van der Waals surface area contributed by atoms with Crippen LogP contribution >= 0.6 is 11.6 Å². The van der Waals surface area contributed by atoms with E-state index in [2.05, 4.69) is 21.3 Å². The number of nitrogens with zero attached hydrogens (tertiary/aromatic N) is 5. The lowest BCUT2D eigenvalue weighted by Crippen LogP contribution is -2.43. The topological polar surface area (TPSA) is 134 Å². The lowest BCUT2D eigenvalue weighted by Gasteiger charge is -2.34. The van der Waals surface area contributed by atoms with E-state index in [-0.39, 0.29) is 17.5 Å². The Morgan fingerprint density at radius 3 is 2.66 bits per heavy atom. The van der Waals surface area contributed by atoms with Crippen LogP contribution in [0.2, 0.25) is 5.02 Å². The van der Waals surface area contributed by atoms with Crippen LogP contribution in [0.1, 0.15) is 18.4 Å². The van der Waals surface area contributed by atoms with Crippen molar-refractivity contribution in [2.75, 3.05) is 29.0 Å². The summed E-state index contributed by atoms with van der Waals surface area (Å²) in [7, 11) is 0. The molecule has 1 unspecified atom stereocenters. The number of rotatable bonds is 5. The summed E-state index contributed by atoms with van der Waals surface area (Å²) in [6.45, 7) is 1.37. The molecule has 1 saturated heterocycles. The molecule has 0 aliphatic carbocycles. The number of hydrogen-bond acceptors (Lipinski definition) is 8. The molecule has 3 aromatic rings. The van der Waals surface area contributed by atoms with E-state index in [1.165, 1.54) is 6.07 Å². The summed E-state index contributed by atoms with van der Waals surface area (Å²) in [5.74, 6) is 0.975. The lowest BCUT2D eigenvalue weighted by atomic mass is 10.0. The van der Waals surface area contributed by atoms with E-state index in [0.29, 0.717) is 28.8 Å². The van der Waals surface area contributed by atoms with Crippen LogP contribution in [0.4, 0.5) is 23.1 Å². The van der Waals surface area contributed by atoms with Crippen LogP contribution in [0.15, 0.2) is 48.5 Å². The Hall–Kier alpha value is -3.90. The largest absolute Gasteiger partial charge is 0.378 e. The third-order valence-electron chi connectivity index (χ3n) is 5.31. The molecular weight excluding hydrogens is 430 g/mol. The van der Waals surface area contributed by atoms with Crippen LogP contribution < -0.4 is 16.0 Å². The molecule has 2 aromatic heterocycles. The molecule has 1 aliphatic heterocycles. The fraction of sp³-hybridized carbons (Fsp3) is 0.227. The number of anilines is 3. The van der Waals surface area contributed by atoms with E-state index in [1.54, 1.807) is 24.3 Å². The second kappa shape index (κ2) is 9.08. The minimum atomic E-state index is -0.558. The molecule has 9 nitrogen and oxygen atoms in total. The first-order valence-corrected chi connectivity index (χ1v) is 10.4. The average Bonchev–Trinajstić information content (AvgIpc) is 2.79. The molecule has 162 valence electrons. The molecule has 1 aliphatic rings. The summed E-state index contributed by atoms with van der Waals surface area (Å²) in [6, 6.07) is 16.2.